The molecule has 0 aliphatic carbocycles. The lowest BCUT2D eigenvalue weighted by molar-refractivity contribution is 0.146. The van der Waals surface area contributed by atoms with Crippen molar-refractivity contribution in [3.63, 3.8) is 0 Å². The maximum absolute atomic E-state index is 8.51. The lowest BCUT2D eigenvalue weighted by Gasteiger charge is -2.04. The maximum atomic E-state index is 8.51. The Hall–Kier alpha value is -1.37. The second-order valence-corrected chi connectivity index (χ2v) is 2.10. The third kappa shape index (κ3) is 1.77. The van der Waals surface area contributed by atoms with Crippen LogP contribution in [0.25, 0.3) is 0 Å². The van der Waals surface area contributed by atoms with E-state index in [9.17, 15) is 0 Å². The molecule has 1 aromatic carbocycles. The fourth-order valence-electron chi connectivity index (χ4n) is 0.823. The Morgan fingerprint density at radius 2 is 2.00 bits per heavy atom. The molecule has 0 aromatic heterocycles. The molecule has 1 aromatic rings. The van der Waals surface area contributed by atoms with E-state index in [-0.39, 0.29) is 0 Å². The van der Waals surface area contributed by atoms with Crippen LogP contribution < -0.4 is 5.48 Å². The zero-order valence-electron chi connectivity index (χ0n) is 5.86. The van der Waals surface area contributed by atoms with Gasteiger partial charge >= 0.3 is 0 Å². The zero-order valence-corrected chi connectivity index (χ0v) is 5.86. The number of hydrogen-bond donors (Lipinski definition) is 2. The highest BCUT2D eigenvalue weighted by Crippen LogP contribution is 2.09. The molecule has 0 heterocycles. The van der Waals surface area contributed by atoms with Gasteiger partial charge < -0.3 is 5.21 Å². The normalized spacial score (nSPS) is 12.0. The summed E-state index contributed by atoms with van der Waals surface area (Å²) < 4.78 is 0. The molecule has 1 unspecified atom stereocenters. The van der Waals surface area contributed by atoms with E-state index in [1.807, 2.05) is 29.7 Å². The first kappa shape index (κ1) is 7.73. The van der Waals surface area contributed by atoms with Crippen LogP contribution in [0, 0.1) is 11.3 Å². The summed E-state index contributed by atoms with van der Waals surface area (Å²) in [5.74, 6) is 0. The Balaban J connectivity index is 2.85. The van der Waals surface area contributed by atoms with Crippen molar-refractivity contribution >= 4 is 0 Å². The van der Waals surface area contributed by atoms with E-state index >= 15 is 0 Å². The smallest absolute Gasteiger partial charge is 0.143 e. The molecule has 1 rings (SSSR count). The lowest BCUT2D eigenvalue weighted by Crippen LogP contribution is -2.14. The summed E-state index contributed by atoms with van der Waals surface area (Å²) in [7, 11) is 0. The molecule has 0 aliphatic heterocycles. The summed E-state index contributed by atoms with van der Waals surface area (Å²) >= 11 is 0. The van der Waals surface area contributed by atoms with Gasteiger partial charge in [-0.3, -0.25) is 0 Å². The highest BCUT2D eigenvalue weighted by molar-refractivity contribution is 5.22. The van der Waals surface area contributed by atoms with Crippen molar-refractivity contribution < 1.29 is 5.21 Å². The predicted octanol–water partition coefficient (Wildman–Crippen LogP) is 1.23. The quantitative estimate of drug-likeness (QED) is 0.620. The van der Waals surface area contributed by atoms with E-state index in [2.05, 4.69) is 0 Å². The van der Waals surface area contributed by atoms with Crippen LogP contribution in [0.5, 0.6) is 0 Å². The summed E-state index contributed by atoms with van der Waals surface area (Å²) in [6.07, 6.45) is 0. The third-order valence-electron chi connectivity index (χ3n) is 1.39. The van der Waals surface area contributed by atoms with Gasteiger partial charge in [-0.05, 0) is 5.56 Å². The zero-order chi connectivity index (χ0) is 8.10. The summed E-state index contributed by atoms with van der Waals surface area (Å²) in [6.45, 7) is 0. The predicted molar refractivity (Wildman–Crippen MR) is 39.7 cm³/mol. The summed E-state index contributed by atoms with van der Waals surface area (Å²) in [5.41, 5.74) is 2.67. The van der Waals surface area contributed by atoms with Crippen molar-refractivity contribution in [2.24, 2.45) is 0 Å². The van der Waals surface area contributed by atoms with Gasteiger partial charge in [0.15, 0.2) is 0 Å². The van der Waals surface area contributed by atoms with Crippen LogP contribution in [0.15, 0.2) is 30.3 Å². The molecule has 1 atom stereocenters. The minimum Gasteiger partial charge on any atom is -0.315 e. The molecule has 11 heavy (non-hydrogen) atoms. The number of hydrogen-bond acceptors (Lipinski definition) is 3. The van der Waals surface area contributed by atoms with E-state index in [0.717, 1.165) is 5.56 Å². The van der Waals surface area contributed by atoms with Gasteiger partial charge in [0.1, 0.15) is 6.04 Å². The highest BCUT2D eigenvalue weighted by Gasteiger charge is 2.05. The highest BCUT2D eigenvalue weighted by atomic mass is 16.5. The van der Waals surface area contributed by atoms with Crippen molar-refractivity contribution in [3.8, 4) is 6.07 Å². The largest absolute Gasteiger partial charge is 0.315 e. The minimum atomic E-state index is -0.629. The molecule has 3 heteroatoms. The molecular weight excluding hydrogens is 140 g/mol. The number of nitriles is 1. The molecule has 0 saturated carbocycles. The molecule has 0 aliphatic rings. The maximum Gasteiger partial charge on any atom is 0.143 e. The van der Waals surface area contributed by atoms with Crippen LogP contribution in [0.4, 0.5) is 0 Å². The Labute approximate surface area is 64.9 Å². The fourth-order valence-corrected chi connectivity index (χ4v) is 0.823. The molecular formula is C8H8N2O. The monoisotopic (exact) mass is 148 g/mol. The van der Waals surface area contributed by atoms with Gasteiger partial charge in [-0.1, -0.05) is 30.3 Å². The summed E-state index contributed by atoms with van der Waals surface area (Å²) in [6, 6.07) is 10.3. The third-order valence-corrected chi connectivity index (χ3v) is 1.39. The second kappa shape index (κ2) is 3.71. The van der Waals surface area contributed by atoms with Gasteiger partial charge in [0.05, 0.1) is 6.07 Å². The molecule has 0 spiro atoms. The molecule has 56 valence electrons. The van der Waals surface area contributed by atoms with Gasteiger partial charge in [-0.15, -0.1) is 0 Å². The Bertz CT molecular complexity index is 253. The number of benzene rings is 1. The van der Waals surface area contributed by atoms with Crippen LogP contribution in [-0.2, 0) is 0 Å². The van der Waals surface area contributed by atoms with Crippen molar-refractivity contribution in [2.45, 2.75) is 6.04 Å². The van der Waals surface area contributed by atoms with Crippen molar-refractivity contribution in [3.05, 3.63) is 35.9 Å². The van der Waals surface area contributed by atoms with Crippen LogP contribution in [-0.4, -0.2) is 5.21 Å². The van der Waals surface area contributed by atoms with E-state index in [1.165, 1.54) is 0 Å². The molecule has 0 saturated heterocycles. The Kier molecular flexibility index (Phi) is 2.61. The summed E-state index contributed by atoms with van der Waals surface area (Å²) in [5, 5.41) is 17.0. The molecule has 0 fully saturated rings. The van der Waals surface area contributed by atoms with E-state index in [1.54, 1.807) is 12.1 Å². The van der Waals surface area contributed by atoms with E-state index in [4.69, 9.17) is 10.5 Å². The molecule has 0 amide bonds. The second-order valence-electron chi connectivity index (χ2n) is 2.10. The first-order valence-corrected chi connectivity index (χ1v) is 3.22. The first-order chi connectivity index (χ1) is 5.38. The SMILES string of the molecule is N#CC(NO)c1ccccc1. The molecule has 2 N–H and O–H groups in total. The van der Waals surface area contributed by atoms with Gasteiger partial charge in [0.2, 0.25) is 0 Å². The average Bonchev–Trinajstić information content (AvgIpc) is 2.09. The van der Waals surface area contributed by atoms with Crippen molar-refractivity contribution in [1.82, 2.24) is 5.48 Å². The topological polar surface area (TPSA) is 56.0 Å². The van der Waals surface area contributed by atoms with E-state index < -0.39 is 6.04 Å². The minimum absolute atomic E-state index is 0.629. The van der Waals surface area contributed by atoms with Crippen LogP contribution >= 0.6 is 0 Å². The van der Waals surface area contributed by atoms with E-state index in [0.29, 0.717) is 0 Å². The van der Waals surface area contributed by atoms with Crippen LogP contribution in [0.1, 0.15) is 11.6 Å². The first-order valence-electron chi connectivity index (χ1n) is 3.22. The number of hydroxylamine groups is 1. The van der Waals surface area contributed by atoms with Gasteiger partial charge in [-0.2, -0.15) is 10.7 Å². The Morgan fingerprint density at radius 1 is 1.36 bits per heavy atom. The Morgan fingerprint density at radius 3 is 2.45 bits per heavy atom. The number of rotatable bonds is 2. The van der Waals surface area contributed by atoms with Crippen molar-refractivity contribution in [2.75, 3.05) is 0 Å². The lowest BCUT2D eigenvalue weighted by atomic mass is 10.1. The summed E-state index contributed by atoms with van der Waals surface area (Å²) in [4.78, 5) is 0. The number of nitrogens with zero attached hydrogens (tertiary/aromatic N) is 1. The molecule has 0 bridgehead atoms. The van der Waals surface area contributed by atoms with Crippen molar-refractivity contribution in [1.29, 1.82) is 5.26 Å². The molecule has 3 nitrogen and oxygen atoms in total. The number of nitrogens with one attached hydrogen (secondary N) is 1. The van der Waals surface area contributed by atoms with Crippen LogP contribution in [0.2, 0.25) is 0 Å². The van der Waals surface area contributed by atoms with Gasteiger partial charge in [0, 0.05) is 0 Å². The van der Waals surface area contributed by atoms with Gasteiger partial charge in [0.25, 0.3) is 0 Å². The molecule has 0 radical (unpaired) electrons. The average molecular weight is 148 g/mol. The fraction of sp³-hybridized carbons (Fsp3) is 0.125. The van der Waals surface area contributed by atoms with Gasteiger partial charge in [-0.25, -0.2) is 0 Å². The standard InChI is InChI=1S/C8H8N2O/c9-6-8(10-11)7-4-2-1-3-5-7/h1-5,8,10-11H. The van der Waals surface area contributed by atoms with Crippen LogP contribution in [0.3, 0.4) is 0 Å².